The van der Waals surface area contributed by atoms with Gasteiger partial charge in [0, 0.05) is 24.1 Å². The molecule has 1 fully saturated rings. The number of rotatable bonds is 3. The summed E-state index contributed by atoms with van der Waals surface area (Å²) >= 11 is 1.91. The van der Waals surface area contributed by atoms with E-state index < -0.39 is 6.10 Å². The number of thioether (sulfide) groups is 1. The molecule has 3 nitrogen and oxygen atoms in total. The van der Waals surface area contributed by atoms with Gasteiger partial charge in [-0.25, -0.2) is 0 Å². The number of likely N-dealkylation sites (N-methyl/N-ethyl adjacent to an activating group) is 1. The molecule has 17 heavy (non-hydrogen) atoms. The van der Waals surface area contributed by atoms with Gasteiger partial charge in [-0.15, -0.1) is 0 Å². The molecule has 1 aromatic rings. The molecule has 94 valence electrons. The second kappa shape index (κ2) is 5.76. The highest BCUT2D eigenvalue weighted by molar-refractivity contribution is 7.99. The van der Waals surface area contributed by atoms with Crippen LogP contribution in [0, 0.1) is 0 Å². The van der Waals surface area contributed by atoms with Crippen LogP contribution in [0.15, 0.2) is 24.3 Å². The zero-order valence-corrected chi connectivity index (χ0v) is 11.1. The Morgan fingerprint density at radius 3 is 3.06 bits per heavy atom. The van der Waals surface area contributed by atoms with E-state index in [-0.39, 0.29) is 6.04 Å². The van der Waals surface area contributed by atoms with Crippen molar-refractivity contribution in [1.82, 2.24) is 4.90 Å². The van der Waals surface area contributed by atoms with E-state index >= 15 is 0 Å². The SMILES string of the molecule is COc1cccc(C(O)C2CSCCN2C)c1. The first-order chi connectivity index (χ1) is 8.22. The Balaban J connectivity index is 2.14. The van der Waals surface area contributed by atoms with Crippen molar-refractivity contribution in [2.24, 2.45) is 0 Å². The highest BCUT2D eigenvalue weighted by atomic mass is 32.2. The average Bonchev–Trinajstić information content (AvgIpc) is 2.38. The number of hydrogen-bond acceptors (Lipinski definition) is 4. The van der Waals surface area contributed by atoms with Gasteiger partial charge in [0.1, 0.15) is 5.75 Å². The number of ether oxygens (including phenoxy) is 1. The van der Waals surface area contributed by atoms with Crippen LogP contribution in [0.4, 0.5) is 0 Å². The van der Waals surface area contributed by atoms with Crippen LogP contribution < -0.4 is 4.74 Å². The Morgan fingerprint density at radius 2 is 2.35 bits per heavy atom. The molecule has 1 aliphatic heterocycles. The maximum absolute atomic E-state index is 10.4. The zero-order chi connectivity index (χ0) is 12.3. The fraction of sp³-hybridized carbons (Fsp3) is 0.538. The number of aliphatic hydroxyl groups excluding tert-OH is 1. The molecule has 2 unspecified atom stereocenters. The molecule has 1 N–H and O–H groups in total. The van der Waals surface area contributed by atoms with Crippen LogP contribution in [0.2, 0.25) is 0 Å². The molecular formula is C13H19NO2S. The lowest BCUT2D eigenvalue weighted by atomic mass is 10.0. The normalized spacial score (nSPS) is 23.4. The quantitative estimate of drug-likeness (QED) is 0.890. The van der Waals surface area contributed by atoms with Gasteiger partial charge in [0.15, 0.2) is 0 Å². The lowest BCUT2D eigenvalue weighted by Gasteiger charge is -2.35. The van der Waals surface area contributed by atoms with Crippen LogP contribution in [0.25, 0.3) is 0 Å². The van der Waals surface area contributed by atoms with Crippen molar-refractivity contribution in [3.63, 3.8) is 0 Å². The Kier molecular flexibility index (Phi) is 4.31. The second-order valence-electron chi connectivity index (χ2n) is 4.34. The van der Waals surface area contributed by atoms with Crippen molar-refractivity contribution in [2.45, 2.75) is 12.1 Å². The lowest BCUT2D eigenvalue weighted by molar-refractivity contribution is 0.0757. The first-order valence-electron chi connectivity index (χ1n) is 5.82. The molecule has 1 aliphatic rings. The third kappa shape index (κ3) is 2.94. The van der Waals surface area contributed by atoms with Crippen molar-refractivity contribution >= 4 is 11.8 Å². The molecule has 0 spiro atoms. The van der Waals surface area contributed by atoms with Crippen LogP contribution in [-0.2, 0) is 0 Å². The van der Waals surface area contributed by atoms with Crippen molar-refractivity contribution in [1.29, 1.82) is 0 Å². The van der Waals surface area contributed by atoms with Gasteiger partial charge in [0.2, 0.25) is 0 Å². The molecule has 4 heteroatoms. The van der Waals surface area contributed by atoms with E-state index in [0.717, 1.165) is 29.4 Å². The van der Waals surface area contributed by atoms with E-state index in [0.29, 0.717) is 0 Å². The molecule has 1 aromatic carbocycles. The van der Waals surface area contributed by atoms with E-state index in [1.54, 1.807) is 7.11 Å². The van der Waals surface area contributed by atoms with Gasteiger partial charge in [-0.05, 0) is 24.7 Å². The van der Waals surface area contributed by atoms with Gasteiger partial charge >= 0.3 is 0 Å². The van der Waals surface area contributed by atoms with Gasteiger partial charge in [-0.1, -0.05) is 12.1 Å². The molecule has 1 heterocycles. The molecule has 0 amide bonds. The summed E-state index contributed by atoms with van der Waals surface area (Å²) in [5.41, 5.74) is 0.934. The van der Waals surface area contributed by atoms with Crippen LogP contribution in [-0.4, -0.2) is 48.3 Å². The van der Waals surface area contributed by atoms with E-state index in [2.05, 4.69) is 11.9 Å². The molecule has 1 saturated heterocycles. The summed E-state index contributed by atoms with van der Waals surface area (Å²) < 4.78 is 5.19. The Labute approximate surface area is 107 Å². The summed E-state index contributed by atoms with van der Waals surface area (Å²) in [6.45, 7) is 1.04. The predicted molar refractivity (Wildman–Crippen MR) is 71.7 cm³/mol. The maximum atomic E-state index is 10.4. The predicted octanol–water partition coefficient (Wildman–Crippen LogP) is 1.78. The summed E-state index contributed by atoms with van der Waals surface area (Å²) in [7, 11) is 3.72. The highest BCUT2D eigenvalue weighted by Gasteiger charge is 2.27. The van der Waals surface area contributed by atoms with Crippen LogP contribution in [0.5, 0.6) is 5.75 Å². The standard InChI is InChI=1S/C13H19NO2S/c1-14-6-7-17-9-12(14)13(15)10-4-3-5-11(8-10)16-2/h3-5,8,12-13,15H,6-7,9H2,1-2H3. The van der Waals surface area contributed by atoms with E-state index in [4.69, 9.17) is 4.74 Å². The largest absolute Gasteiger partial charge is 0.497 e. The Bertz CT molecular complexity index is 372. The fourth-order valence-electron chi connectivity index (χ4n) is 2.09. The van der Waals surface area contributed by atoms with Crippen LogP contribution >= 0.6 is 11.8 Å². The molecular weight excluding hydrogens is 234 g/mol. The minimum atomic E-state index is -0.442. The highest BCUT2D eigenvalue weighted by Crippen LogP contribution is 2.28. The Hall–Kier alpha value is -0.710. The molecule has 0 aliphatic carbocycles. The summed E-state index contributed by atoms with van der Waals surface area (Å²) in [5.74, 6) is 2.93. The molecule has 0 aromatic heterocycles. The average molecular weight is 253 g/mol. The number of methoxy groups -OCH3 is 1. The van der Waals surface area contributed by atoms with Crippen LogP contribution in [0.3, 0.4) is 0 Å². The third-order valence-corrected chi connectivity index (χ3v) is 4.29. The van der Waals surface area contributed by atoms with Crippen molar-refractivity contribution < 1.29 is 9.84 Å². The first kappa shape index (κ1) is 12.7. The second-order valence-corrected chi connectivity index (χ2v) is 5.49. The number of nitrogens with zero attached hydrogens (tertiary/aromatic N) is 1. The van der Waals surface area contributed by atoms with Gasteiger partial charge in [0.05, 0.1) is 13.2 Å². The smallest absolute Gasteiger partial charge is 0.119 e. The van der Waals surface area contributed by atoms with Gasteiger partial charge < -0.3 is 9.84 Å². The van der Waals surface area contributed by atoms with Crippen molar-refractivity contribution in [3.8, 4) is 5.75 Å². The number of hydrogen-bond donors (Lipinski definition) is 1. The summed E-state index contributed by atoms with van der Waals surface area (Å²) in [4.78, 5) is 2.24. The van der Waals surface area contributed by atoms with E-state index in [1.807, 2.05) is 36.0 Å². The fourth-order valence-corrected chi connectivity index (χ4v) is 3.35. The monoisotopic (exact) mass is 253 g/mol. The summed E-state index contributed by atoms with van der Waals surface area (Å²) in [6.07, 6.45) is -0.442. The van der Waals surface area contributed by atoms with Gasteiger partial charge in [-0.3, -0.25) is 4.90 Å². The van der Waals surface area contributed by atoms with Gasteiger partial charge in [-0.2, -0.15) is 11.8 Å². The van der Waals surface area contributed by atoms with E-state index in [1.165, 1.54) is 0 Å². The van der Waals surface area contributed by atoms with Gasteiger partial charge in [0.25, 0.3) is 0 Å². The molecule has 0 radical (unpaired) electrons. The molecule has 2 rings (SSSR count). The Morgan fingerprint density at radius 1 is 1.53 bits per heavy atom. The minimum Gasteiger partial charge on any atom is -0.497 e. The summed E-state index contributed by atoms with van der Waals surface area (Å²) in [5, 5.41) is 10.4. The van der Waals surface area contributed by atoms with Crippen molar-refractivity contribution in [3.05, 3.63) is 29.8 Å². The minimum absolute atomic E-state index is 0.195. The van der Waals surface area contributed by atoms with E-state index in [9.17, 15) is 5.11 Å². The van der Waals surface area contributed by atoms with Crippen LogP contribution in [0.1, 0.15) is 11.7 Å². The molecule has 2 atom stereocenters. The first-order valence-corrected chi connectivity index (χ1v) is 6.98. The number of benzene rings is 1. The summed E-state index contributed by atoms with van der Waals surface area (Å²) in [6, 6.07) is 7.89. The van der Waals surface area contributed by atoms with Crippen molar-refractivity contribution in [2.75, 3.05) is 32.2 Å². The number of aliphatic hydroxyl groups is 1. The lowest BCUT2D eigenvalue weighted by Crippen LogP contribution is -2.43. The maximum Gasteiger partial charge on any atom is 0.119 e. The molecule has 0 bridgehead atoms. The zero-order valence-electron chi connectivity index (χ0n) is 10.3. The molecule has 0 saturated carbocycles. The topological polar surface area (TPSA) is 32.7 Å². The third-order valence-electron chi connectivity index (χ3n) is 3.24.